The molecule has 0 aliphatic heterocycles. The summed E-state index contributed by atoms with van der Waals surface area (Å²) in [5.74, 6) is -0.345. The maximum absolute atomic E-state index is 10.9. The first kappa shape index (κ1) is 12.4. The number of carbonyl (C=O) groups is 1. The zero-order valence-electron chi connectivity index (χ0n) is 10.3. The third-order valence-electron chi connectivity index (χ3n) is 2.64. The minimum atomic E-state index is -1.00. The maximum Gasteiger partial charge on any atom is 0.335 e. The molecular weight excluding hydrogens is 280 g/mol. The molecule has 3 rings (SSSR count). The van der Waals surface area contributed by atoms with Crippen LogP contribution in [0.25, 0.3) is 22.2 Å². The summed E-state index contributed by atoms with van der Waals surface area (Å²) in [5.41, 5.74) is 1.46. The Hall–Kier alpha value is -2.61. The van der Waals surface area contributed by atoms with Crippen molar-refractivity contribution in [3.63, 3.8) is 0 Å². The topological polar surface area (TPSA) is 102 Å². The van der Waals surface area contributed by atoms with Crippen LogP contribution in [0.5, 0.6) is 0 Å². The van der Waals surface area contributed by atoms with E-state index in [9.17, 15) is 4.79 Å². The van der Waals surface area contributed by atoms with Crippen LogP contribution in [0.4, 0.5) is 0 Å². The van der Waals surface area contributed by atoms with Crippen molar-refractivity contribution in [3.05, 3.63) is 35.5 Å². The highest BCUT2D eigenvalue weighted by atomic mass is 32.1. The highest BCUT2D eigenvalue weighted by molar-refractivity contribution is 7.09. The number of carboxylic acid groups (broad SMARTS) is 1. The van der Waals surface area contributed by atoms with Gasteiger partial charge in [-0.15, -0.1) is 5.10 Å². The summed E-state index contributed by atoms with van der Waals surface area (Å²) in [6.07, 6.45) is 0. The fraction of sp³-hybridized carbons (Fsp3) is 0.0833. The van der Waals surface area contributed by atoms with Gasteiger partial charge in [-0.1, -0.05) is 21.8 Å². The molecule has 0 aliphatic carbocycles. The van der Waals surface area contributed by atoms with E-state index in [1.807, 2.05) is 0 Å². The molecule has 0 aliphatic rings. The van der Waals surface area contributed by atoms with E-state index < -0.39 is 5.97 Å². The second kappa shape index (κ2) is 4.82. The van der Waals surface area contributed by atoms with Gasteiger partial charge in [0.25, 0.3) is 5.89 Å². The molecule has 2 aromatic heterocycles. The number of hydrogen-bond donors (Lipinski definition) is 1. The number of nitrogens with zero attached hydrogens (tertiary/aromatic N) is 4. The lowest BCUT2D eigenvalue weighted by atomic mass is 10.1. The maximum atomic E-state index is 10.9. The first-order valence-corrected chi connectivity index (χ1v) is 6.39. The Bertz CT molecular complexity index is 780. The van der Waals surface area contributed by atoms with E-state index in [4.69, 9.17) is 9.63 Å². The minimum Gasteiger partial charge on any atom is -0.478 e. The Balaban J connectivity index is 2.00. The van der Waals surface area contributed by atoms with Crippen molar-refractivity contribution in [3.8, 4) is 22.2 Å². The van der Waals surface area contributed by atoms with Gasteiger partial charge in [-0.25, -0.2) is 4.79 Å². The SMILES string of the molecule is Cc1nnsc1-c1nc(-c2cccc(C(=O)O)c2)no1. The van der Waals surface area contributed by atoms with Crippen molar-refractivity contribution in [2.24, 2.45) is 0 Å². The zero-order valence-corrected chi connectivity index (χ0v) is 11.1. The lowest BCUT2D eigenvalue weighted by molar-refractivity contribution is 0.0697. The van der Waals surface area contributed by atoms with E-state index >= 15 is 0 Å². The van der Waals surface area contributed by atoms with Crippen molar-refractivity contribution < 1.29 is 14.4 Å². The summed E-state index contributed by atoms with van der Waals surface area (Å²) >= 11 is 1.17. The van der Waals surface area contributed by atoms with Crippen LogP contribution < -0.4 is 0 Å². The van der Waals surface area contributed by atoms with Crippen molar-refractivity contribution >= 4 is 17.5 Å². The average Bonchev–Trinajstić information content (AvgIpc) is 3.07. The predicted molar refractivity (Wildman–Crippen MR) is 70.3 cm³/mol. The van der Waals surface area contributed by atoms with Crippen LogP contribution in [0, 0.1) is 6.92 Å². The summed E-state index contributed by atoms with van der Waals surface area (Å²) in [7, 11) is 0. The van der Waals surface area contributed by atoms with Crippen molar-refractivity contribution in [2.75, 3.05) is 0 Å². The lowest BCUT2D eigenvalue weighted by Crippen LogP contribution is -1.96. The van der Waals surface area contributed by atoms with Gasteiger partial charge < -0.3 is 9.63 Å². The summed E-state index contributed by atoms with van der Waals surface area (Å²) in [6, 6.07) is 6.35. The largest absolute Gasteiger partial charge is 0.478 e. The van der Waals surface area contributed by atoms with Gasteiger partial charge in [0.2, 0.25) is 5.82 Å². The molecule has 7 nitrogen and oxygen atoms in total. The molecule has 100 valence electrons. The fourth-order valence-electron chi connectivity index (χ4n) is 1.65. The highest BCUT2D eigenvalue weighted by Gasteiger charge is 2.16. The van der Waals surface area contributed by atoms with Crippen molar-refractivity contribution in [1.29, 1.82) is 0 Å². The molecule has 0 saturated heterocycles. The van der Waals surface area contributed by atoms with Gasteiger partial charge in [-0.2, -0.15) is 4.98 Å². The van der Waals surface area contributed by atoms with E-state index in [0.717, 1.165) is 0 Å². The van der Waals surface area contributed by atoms with E-state index in [0.29, 0.717) is 27.8 Å². The second-order valence-corrected chi connectivity index (χ2v) is 4.75. The first-order chi connectivity index (χ1) is 9.65. The van der Waals surface area contributed by atoms with Crippen LogP contribution in [0.15, 0.2) is 28.8 Å². The molecule has 0 fully saturated rings. The Morgan fingerprint density at radius 2 is 2.25 bits per heavy atom. The summed E-state index contributed by atoms with van der Waals surface area (Å²) in [4.78, 5) is 15.9. The molecule has 20 heavy (non-hydrogen) atoms. The summed E-state index contributed by atoms with van der Waals surface area (Å²) in [6.45, 7) is 1.80. The molecule has 1 N–H and O–H groups in total. The lowest BCUT2D eigenvalue weighted by Gasteiger charge is -1.96. The Morgan fingerprint density at radius 1 is 1.40 bits per heavy atom. The number of aromatic carboxylic acids is 1. The van der Waals surface area contributed by atoms with Gasteiger partial charge in [0.05, 0.1) is 11.3 Å². The number of benzene rings is 1. The van der Waals surface area contributed by atoms with Crippen LogP contribution in [0.2, 0.25) is 0 Å². The first-order valence-electron chi connectivity index (χ1n) is 5.62. The standard InChI is InChI=1S/C12H8N4O3S/c1-6-9(20-16-14-6)11-13-10(15-19-11)7-3-2-4-8(5-7)12(17)18/h2-5H,1H3,(H,17,18). The Morgan fingerprint density at radius 3 is 2.95 bits per heavy atom. The molecule has 0 bridgehead atoms. The molecule has 0 amide bonds. The van der Waals surface area contributed by atoms with Crippen molar-refractivity contribution in [1.82, 2.24) is 19.7 Å². The van der Waals surface area contributed by atoms with Crippen LogP contribution in [0.1, 0.15) is 16.1 Å². The number of aromatic nitrogens is 4. The third-order valence-corrected chi connectivity index (χ3v) is 3.46. The molecule has 2 heterocycles. The minimum absolute atomic E-state index is 0.171. The quantitative estimate of drug-likeness (QED) is 0.788. The van der Waals surface area contributed by atoms with Gasteiger partial charge in [0, 0.05) is 5.56 Å². The summed E-state index contributed by atoms with van der Waals surface area (Å²) in [5, 5.41) is 16.7. The molecule has 3 aromatic rings. The van der Waals surface area contributed by atoms with Crippen LogP contribution >= 0.6 is 11.5 Å². The van der Waals surface area contributed by atoms with E-state index in [2.05, 4.69) is 19.7 Å². The summed E-state index contributed by atoms with van der Waals surface area (Å²) < 4.78 is 8.97. The average molecular weight is 288 g/mol. The molecule has 1 aromatic carbocycles. The molecule has 0 saturated carbocycles. The monoisotopic (exact) mass is 288 g/mol. The van der Waals surface area contributed by atoms with Gasteiger partial charge in [-0.05, 0) is 30.6 Å². The van der Waals surface area contributed by atoms with Gasteiger partial charge in [-0.3, -0.25) is 0 Å². The molecule has 0 spiro atoms. The van der Waals surface area contributed by atoms with Gasteiger partial charge in [0.15, 0.2) is 0 Å². The van der Waals surface area contributed by atoms with Crippen molar-refractivity contribution in [2.45, 2.75) is 6.92 Å². The number of rotatable bonds is 3. The van der Waals surface area contributed by atoms with Gasteiger partial charge in [0.1, 0.15) is 4.88 Å². The molecule has 0 radical (unpaired) electrons. The fourth-order valence-corrected chi connectivity index (χ4v) is 2.23. The molecule has 8 heteroatoms. The van der Waals surface area contributed by atoms with E-state index in [-0.39, 0.29) is 5.56 Å². The zero-order chi connectivity index (χ0) is 14.1. The Kier molecular flexibility index (Phi) is 2.99. The predicted octanol–water partition coefficient (Wildman–Crippen LogP) is 2.26. The van der Waals surface area contributed by atoms with Crippen LogP contribution in [0.3, 0.4) is 0 Å². The molecule has 0 atom stereocenters. The number of carboxylic acids is 1. The van der Waals surface area contributed by atoms with E-state index in [1.54, 1.807) is 19.1 Å². The number of aryl methyl sites for hydroxylation is 1. The number of hydrogen-bond acceptors (Lipinski definition) is 7. The highest BCUT2D eigenvalue weighted by Crippen LogP contribution is 2.26. The van der Waals surface area contributed by atoms with E-state index in [1.165, 1.54) is 23.7 Å². The van der Waals surface area contributed by atoms with Gasteiger partial charge >= 0.3 is 5.97 Å². The molecular formula is C12H8N4O3S. The second-order valence-electron chi connectivity index (χ2n) is 4.00. The smallest absolute Gasteiger partial charge is 0.335 e. The van der Waals surface area contributed by atoms with Crippen LogP contribution in [-0.2, 0) is 0 Å². The molecule has 0 unspecified atom stereocenters. The third kappa shape index (κ3) is 2.16. The Labute approximate surface area is 117 Å². The van der Waals surface area contributed by atoms with Crippen LogP contribution in [-0.4, -0.2) is 30.8 Å². The normalized spacial score (nSPS) is 10.7.